The van der Waals surface area contributed by atoms with Gasteiger partial charge in [-0.25, -0.2) is 8.78 Å². The van der Waals surface area contributed by atoms with Crippen LogP contribution in [0.5, 0.6) is 0 Å². The number of nitrogens with two attached hydrogens (primary N) is 1. The van der Waals surface area contributed by atoms with Crippen molar-refractivity contribution < 1.29 is 13.6 Å². The molecule has 0 saturated carbocycles. The first-order valence-corrected chi connectivity index (χ1v) is 6.98. The molecule has 0 aliphatic heterocycles. The van der Waals surface area contributed by atoms with Crippen molar-refractivity contribution in [2.75, 3.05) is 11.1 Å². The number of hydrogen-bond acceptors (Lipinski definition) is 2. The van der Waals surface area contributed by atoms with Gasteiger partial charge in [-0.1, -0.05) is 15.9 Å². The van der Waals surface area contributed by atoms with Gasteiger partial charge < -0.3 is 11.1 Å². The summed E-state index contributed by atoms with van der Waals surface area (Å²) in [6, 6.07) is 6.49. The minimum absolute atomic E-state index is 0.108. The van der Waals surface area contributed by atoms with Crippen LogP contribution < -0.4 is 11.1 Å². The number of anilines is 2. The molecule has 3 N–H and O–H groups in total. The Labute approximate surface area is 130 Å². The van der Waals surface area contributed by atoms with Gasteiger partial charge in [0.05, 0.1) is 11.3 Å². The van der Waals surface area contributed by atoms with Crippen LogP contribution in [-0.2, 0) is 0 Å². The molecular formula is C13H8Br2F2N2O. The number of halogens is 4. The van der Waals surface area contributed by atoms with Gasteiger partial charge in [0.2, 0.25) is 0 Å². The second-order valence-corrected chi connectivity index (χ2v) is 5.70. The molecule has 0 aliphatic rings. The van der Waals surface area contributed by atoms with Crippen LogP contribution in [0.1, 0.15) is 10.4 Å². The van der Waals surface area contributed by atoms with E-state index in [0.29, 0.717) is 10.5 Å². The van der Waals surface area contributed by atoms with Crippen LogP contribution in [0.3, 0.4) is 0 Å². The zero-order valence-corrected chi connectivity index (χ0v) is 13.1. The number of amides is 1. The average molecular weight is 406 g/mol. The maximum atomic E-state index is 13.6. The molecule has 0 atom stereocenters. The Morgan fingerprint density at radius 2 is 1.85 bits per heavy atom. The highest BCUT2D eigenvalue weighted by Gasteiger charge is 2.16. The number of benzene rings is 2. The highest BCUT2D eigenvalue weighted by Crippen LogP contribution is 2.28. The Kier molecular flexibility index (Phi) is 4.39. The van der Waals surface area contributed by atoms with Crippen molar-refractivity contribution in [1.29, 1.82) is 0 Å². The summed E-state index contributed by atoms with van der Waals surface area (Å²) in [5.74, 6) is -2.21. The van der Waals surface area contributed by atoms with Crippen molar-refractivity contribution in [3.8, 4) is 0 Å². The van der Waals surface area contributed by atoms with Crippen LogP contribution in [0.25, 0.3) is 0 Å². The number of nitrogen functional groups attached to an aromatic ring is 1. The first-order valence-electron chi connectivity index (χ1n) is 5.39. The number of carbonyl (C=O) groups excluding carboxylic acids is 1. The summed E-state index contributed by atoms with van der Waals surface area (Å²) in [4.78, 5) is 12.1. The standard InChI is InChI=1S/C13H8Br2F2N2O/c14-6-1-2-11(18)8(3-6)13(20)19-12-9(15)4-7(16)5-10(12)17/h1-5H,18H2,(H,19,20). The number of rotatable bonds is 2. The third-order valence-electron chi connectivity index (χ3n) is 2.51. The SMILES string of the molecule is Nc1ccc(Br)cc1C(=O)Nc1c(F)cc(F)cc1Br. The van der Waals surface area contributed by atoms with Crippen molar-refractivity contribution in [1.82, 2.24) is 0 Å². The minimum Gasteiger partial charge on any atom is -0.398 e. The quantitative estimate of drug-likeness (QED) is 0.731. The van der Waals surface area contributed by atoms with Gasteiger partial charge in [0.1, 0.15) is 5.82 Å². The molecule has 2 rings (SSSR count). The Balaban J connectivity index is 2.35. The van der Waals surface area contributed by atoms with Gasteiger partial charge in [0, 0.05) is 20.7 Å². The molecule has 1 amide bonds. The van der Waals surface area contributed by atoms with Gasteiger partial charge in [-0.15, -0.1) is 0 Å². The molecule has 7 heteroatoms. The lowest BCUT2D eigenvalue weighted by Gasteiger charge is -2.10. The average Bonchev–Trinajstić information content (AvgIpc) is 2.36. The van der Waals surface area contributed by atoms with E-state index in [4.69, 9.17) is 5.73 Å². The summed E-state index contributed by atoms with van der Waals surface area (Å²) < 4.78 is 27.4. The molecule has 0 unspecified atom stereocenters. The largest absolute Gasteiger partial charge is 0.398 e. The molecule has 104 valence electrons. The normalized spacial score (nSPS) is 10.4. The topological polar surface area (TPSA) is 55.1 Å². The van der Waals surface area contributed by atoms with E-state index in [0.717, 1.165) is 6.07 Å². The van der Waals surface area contributed by atoms with E-state index < -0.39 is 17.5 Å². The lowest BCUT2D eigenvalue weighted by Crippen LogP contribution is -2.15. The van der Waals surface area contributed by atoms with Crippen LogP contribution >= 0.6 is 31.9 Å². The molecular weight excluding hydrogens is 398 g/mol. The van der Waals surface area contributed by atoms with Crippen molar-refractivity contribution in [2.24, 2.45) is 0 Å². The van der Waals surface area contributed by atoms with Crippen LogP contribution in [0.15, 0.2) is 39.3 Å². The fourth-order valence-electron chi connectivity index (χ4n) is 1.57. The lowest BCUT2D eigenvalue weighted by atomic mass is 10.1. The number of nitrogens with one attached hydrogen (secondary N) is 1. The van der Waals surface area contributed by atoms with Crippen molar-refractivity contribution >= 4 is 49.1 Å². The van der Waals surface area contributed by atoms with Crippen molar-refractivity contribution in [3.05, 3.63) is 56.5 Å². The molecule has 0 fully saturated rings. The van der Waals surface area contributed by atoms with E-state index in [2.05, 4.69) is 37.2 Å². The summed E-state index contributed by atoms with van der Waals surface area (Å²) >= 11 is 6.22. The first kappa shape index (κ1) is 14.9. The number of hydrogen-bond donors (Lipinski definition) is 2. The molecule has 2 aromatic carbocycles. The van der Waals surface area contributed by atoms with Crippen LogP contribution in [-0.4, -0.2) is 5.91 Å². The van der Waals surface area contributed by atoms with Crippen molar-refractivity contribution in [2.45, 2.75) is 0 Å². The monoisotopic (exact) mass is 404 g/mol. The third kappa shape index (κ3) is 3.16. The van der Waals surface area contributed by atoms with Gasteiger partial charge in [-0.2, -0.15) is 0 Å². The molecule has 2 aromatic rings. The predicted molar refractivity (Wildman–Crippen MR) is 80.6 cm³/mol. The second kappa shape index (κ2) is 5.88. The minimum atomic E-state index is -0.876. The van der Waals surface area contributed by atoms with Gasteiger partial charge >= 0.3 is 0 Å². The van der Waals surface area contributed by atoms with Crippen LogP contribution in [0.4, 0.5) is 20.2 Å². The summed E-state index contributed by atoms with van der Waals surface area (Å²) in [5.41, 5.74) is 6.00. The molecule has 0 aliphatic carbocycles. The van der Waals surface area contributed by atoms with Gasteiger partial charge in [0.15, 0.2) is 5.82 Å². The van der Waals surface area contributed by atoms with E-state index in [1.807, 2.05) is 0 Å². The lowest BCUT2D eigenvalue weighted by molar-refractivity contribution is 0.102. The van der Waals surface area contributed by atoms with E-state index in [9.17, 15) is 13.6 Å². The van der Waals surface area contributed by atoms with E-state index in [1.54, 1.807) is 12.1 Å². The highest BCUT2D eigenvalue weighted by molar-refractivity contribution is 9.10. The molecule has 0 spiro atoms. The van der Waals surface area contributed by atoms with Gasteiger partial charge in [-0.05, 0) is 40.2 Å². The molecule has 3 nitrogen and oxygen atoms in total. The van der Waals surface area contributed by atoms with Gasteiger partial charge in [0.25, 0.3) is 5.91 Å². The second-order valence-electron chi connectivity index (χ2n) is 3.93. The number of carbonyl (C=O) groups is 1. The molecule has 0 saturated heterocycles. The Morgan fingerprint density at radius 3 is 2.50 bits per heavy atom. The zero-order chi connectivity index (χ0) is 14.9. The first-order chi connectivity index (χ1) is 9.38. The van der Waals surface area contributed by atoms with Gasteiger partial charge in [-0.3, -0.25) is 4.79 Å². The summed E-state index contributed by atoms with van der Waals surface area (Å²) in [6.45, 7) is 0. The Hall–Kier alpha value is -1.47. The molecule has 0 heterocycles. The molecule has 20 heavy (non-hydrogen) atoms. The smallest absolute Gasteiger partial charge is 0.257 e. The van der Waals surface area contributed by atoms with E-state index >= 15 is 0 Å². The fourth-order valence-corrected chi connectivity index (χ4v) is 2.44. The van der Waals surface area contributed by atoms with E-state index in [1.165, 1.54) is 6.07 Å². The van der Waals surface area contributed by atoms with E-state index in [-0.39, 0.29) is 21.4 Å². The maximum absolute atomic E-state index is 13.6. The summed E-state index contributed by atoms with van der Waals surface area (Å²) in [5, 5.41) is 2.36. The highest BCUT2D eigenvalue weighted by atomic mass is 79.9. The Bertz CT molecular complexity index is 669. The molecule has 0 aromatic heterocycles. The van der Waals surface area contributed by atoms with Crippen LogP contribution in [0, 0.1) is 11.6 Å². The zero-order valence-electron chi connectivity index (χ0n) is 9.88. The fraction of sp³-hybridized carbons (Fsp3) is 0. The third-order valence-corrected chi connectivity index (χ3v) is 3.62. The predicted octanol–water partition coefficient (Wildman–Crippen LogP) is 4.32. The molecule has 0 bridgehead atoms. The Morgan fingerprint density at radius 1 is 1.15 bits per heavy atom. The molecule has 0 radical (unpaired) electrons. The van der Waals surface area contributed by atoms with Crippen molar-refractivity contribution in [3.63, 3.8) is 0 Å². The summed E-state index contributed by atoms with van der Waals surface area (Å²) in [6.07, 6.45) is 0. The summed E-state index contributed by atoms with van der Waals surface area (Å²) in [7, 11) is 0. The van der Waals surface area contributed by atoms with Crippen LogP contribution in [0.2, 0.25) is 0 Å². The maximum Gasteiger partial charge on any atom is 0.257 e.